The smallest absolute Gasteiger partial charge is 0.328 e. The van der Waals surface area contributed by atoms with Crippen molar-refractivity contribution in [2.24, 2.45) is 11.7 Å². The Morgan fingerprint density at radius 3 is 2.29 bits per heavy atom. The van der Waals surface area contributed by atoms with Crippen LogP contribution in [0, 0.1) is 5.92 Å². The number of nitrogens with one attached hydrogen (secondary N) is 3. The fourth-order valence-electron chi connectivity index (χ4n) is 3.85. The van der Waals surface area contributed by atoms with E-state index in [4.69, 9.17) is 10.5 Å². The Hall–Kier alpha value is -3.65. The molecule has 1 heterocycles. The average Bonchev–Trinajstić information content (AvgIpc) is 3.24. The molecule has 0 bridgehead atoms. The summed E-state index contributed by atoms with van der Waals surface area (Å²) >= 11 is 0. The number of fused-ring (bicyclic) bond motifs is 1. The van der Waals surface area contributed by atoms with Gasteiger partial charge in [-0.1, -0.05) is 62.4 Å². The molecule has 3 atom stereocenters. The summed E-state index contributed by atoms with van der Waals surface area (Å²) in [4.78, 5) is 41.6. The van der Waals surface area contributed by atoms with Gasteiger partial charge in [0.2, 0.25) is 11.8 Å². The lowest BCUT2D eigenvalue weighted by atomic mass is 10.0. The van der Waals surface area contributed by atoms with Crippen LogP contribution in [0.25, 0.3) is 10.9 Å². The largest absolute Gasteiger partial charge is 0.467 e. The third-order valence-corrected chi connectivity index (χ3v) is 5.79. The number of hydrogen-bond acceptors (Lipinski definition) is 5. The second-order valence-electron chi connectivity index (χ2n) is 8.67. The summed E-state index contributed by atoms with van der Waals surface area (Å²) in [5.74, 6) is -1.65. The van der Waals surface area contributed by atoms with Crippen LogP contribution >= 0.6 is 0 Å². The summed E-state index contributed by atoms with van der Waals surface area (Å²) in [6.45, 7) is 3.62. The maximum Gasteiger partial charge on any atom is 0.328 e. The van der Waals surface area contributed by atoms with Crippen LogP contribution in [0.15, 0.2) is 60.8 Å². The summed E-state index contributed by atoms with van der Waals surface area (Å²) in [5, 5.41) is 6.50. The molecule has 8 nitrogen and oxygen atoms in total. The number of benzene rings is 2. The van der Waals surface area contributed by atoms with Crippen LogP contribution in [0.2, 0.25) is 0 Å². The van der Waals surface area contributed by atoms with Gasteiger partial charge in [-0.05, 0) is 29.5 Å². The Labute approximate surface area is 199 Å². The minimum absolute atomic E-state index is 0.193. The molecule has 0 aliphatic carbocycles. The number of esters is 1. The van der Waals surface area contributed by atoms with Crippen molar-refractivity contribution < 1.29 is 19.1 Å². The molecule has 180 valence electrons. The van der Waals surface area contributed by atoms with Crippen molar-refractivity contribution in [2.75, 3.05) is 7.11 Å². The van der Waals surface area contributed by atoms with Gasteiger partial charge in [0.25, 0.3) is 0 Å². The van der Waals surface area contributed by atoms with Crippen LogP contribution in [-0.2, 0) is 32.0 Å². The van der Waals surface area contributed by atoms with E-state index in [0.717, 1.165) is 22.0 Å². The molecule has 3 rings (SSSR count). The van der Waals surface area contributed by atoms with Crippen molar-refractivity contribution in [1.82, 2.24) is 15.6 Å². The second kappa shape index (κ2) is 11.5. The molecule has 0 radical (unpaired) electrons. The van der Waals surface area contributed by atoms with Gasteiger partial charge in [-0.3, -0.25) is 9.59 Å². The molecular formula is C26H32N4O4. The minimum Gasteiger partial charge on any atom is -0.467 e. The molecule has 34 heavy (non-hydrogen) atoms. The van der Waals surface area contributed by atoms with Crippen molar-refractivity contribution in [3.8, 4) is 0 Å². The summed E-state index contributed by atoms with van der Waals surface area (Å²) in [7, 11) is 1.28. The molecule has 0 saturated heterocycles. The van der Waals surface area contributed by atoms with E-state index in [2.05, 4.69) is 15.6 Å². The zero-order valence-corrected chi connectivity index (χ0v) is 19.7. The van der Waals surface area contributed by atoms with Gasteiger partial charge >= 0.3 is 5.97 Å². The lowest BCUT2D eigenvalue weighted by Gasteiger charge is -2.25. The zero-order chi connectivity index (χ0) is 24.7. The fourth-order valence-corrected chi connectivity index (χ4v) is 3.85. The van der Waals surface area contributed by atoms with Gasteiger partial charge in [-0.25, -0.2) is 4.79 Å². The first-order valence-electron chi connectivity index (χ1n) is 11.3. The molecule has 0 saturated carbocycles. The van der Waals surface area contributed by atoms with E-state index >= 15 is 0 Å². The molecule has 0 fully saturated rings. The number of H-pyrrole nitrogens is 1. The summed E-state index contributed by atoms with van der Waals surface area (Å²) in [5.41, 5.74) is 8.88. The number of para-hydroxylation sites is 1. The van der Waals surface area contributed by atoms with Crippen LogP contribution in [0.1, 0.15) is 25.0 Å². The molecule has 8 heteroatoms. The second-order valence-corrected chi connectivity index (χ2v) is 8.67. The Morgan fingerprint density at radius 2 is 1.62 bits per heavy atom. The number of aromatic nitrogens is 1. The summed E-state index contributed by atoms with van der Waals surface area (Å²) < 4.78 is 4.84. The maximum absolute atomic E-state index is 13.3. The number of nitrogens with two attached hydrogens (primary N) is 1. The number of methoxy groups -OCH3 is 1. The van der Waals surface area contributed by atoms with Crippen LogP contribution in [0.5, 0.6) is 0 Å². The van der Waals surface area contributed by atoms with E-state index in [1.807, 2.05) is 74.6 Å². The van der Waals surface area contributed by atoms with Gasteiger partial charge < -0.3 is 26.1 Å². The van der Waals surface area contributed by atoms with Gasteiger partial charge in [0.05, 0.1) is 13.2 Å². The van der Waals surface area contributed by atoms with E-state index in [9.17, 15) is 14.4 Å². The number of carbonyl (C=O) groups excluding carboxylic acids is 3. The number of ether oxygens (including phenoxy) is 1. The Kier molecular flexibility index (Phi) is 8.43. The normalized spacial score (nSPS) is 13.8. The first-order chi connectivity index (χ1) is 16.3. The third kappa shape index (κ3) is 6.23. The highest BCUT2D eigenvalue weighted by molar-refractivity contribution is 5.93. The molecule has 2 aromatic carbocycles. The highest BCUT2D eigenvalue weighted by atomic mass is 16.5. The number of amides is 2. The van der Waals surface area contributed by atoms with E-state index in [-0.39, 0.29) is 12.3 Å². The van der Waals surface area contributed by atoms with Gasteiger partial charge in [-0.15, -0.1) is 0 Å². The Balaban J connectivity index is 1.81. The van der Waals surface area contributed by atoms with Crippen LogP contribution in [0.3, 0.4) is 0 Å². The van der Waals surface area contributed by atoms with E-state index in [1.165, 1.54) is 7.11 Å². The summed E-state index contributed by atoms with van der Waals surface area (Å²) in [6.07, 6.45) is 2.39. The van der Waals surface area contributed by atoms with Gasteiger partial charge in [0, 0.05) is 23.5 Å². The molecule has 0 aliphatic heterocycles. The standard InChI is InChI=1S/C26H32N4O4/c1-16(2)23(26(33)34-3)30-25(32)22(14-18-15-28-21-12-8-7-11-19(18)21)29-24(31)20(27)13-17-9-5-4-6-10-17/h4-12,15-16,20,22-23,28H,13-14,27H2,1-3H3,(H,29,31)(H,30,32)/t20-,22-,23+/m1/s1. The van der Waals surface area contributed by atoms with Crippen molar-refractivity contribution in [1.29, 1.82) is 0 Å². The first-order valence-corrected chi connectivity index (χ1v) is 11.3. The minimum atomic E-state index is -0.931. The summed E-state index contributed by atoms with van der Waals surface area (Å²) in [6, 6.07) is 14.6. The van der Waals surface area contributed by atoms with Gasteiger partial charge in [0.15, 0.2) is 0 Å². The Bertz CT molecular complexity index is 1130. The lowest BCUT2D eigenvalue weighted by molar-refractivity contribution is -0.146. The number of hydrogen-bond donors (Lipinski definition) is 4. The fraction of sp³-hybridized carbons (Fsp3) is 0.346. The van der Waals surface area contributed by atoms with Crippen LogP contribution in [-0.4, -0.2) is 48.0 Å². The monoisotopic (exact) mass is 464 g/mol. The number of carbonyl (C=O) groups is 3. The average molecular weight is 465 g/mol. The maximum atomic E-state index is 13.3. The molecule has 5 N–H and O–H groups in total. The highest BCUT2D eigenvalue weighted by Crippen LogP contribution is 2.19. The number of aromatic amines is 1. The SMILES string of the molecule is COC(=O)[C@@H](NC(=O)[C@@H](Cc1c[nH]c2ccccc12)NC(=O)[C@H](N)Cc1ccccc1)C(C)C. The molecule has 0 spiro atoms. The first kappa shape index (κ1) is 25.0. The Morgan fingerprint density at radius 1 is 0.941 bits per heavy atom. The number of rotatable bonds is 10. The van der Waals surface area contributed by atoms with Crippen molar-refractivity contribution in [3.05, 3.63) is 71.9 Å². The zero-order valence-electron chi connectivity index (χ0n) is 19.7. The quantitative estimate of drug-likeness (QED) is 0.342. The van der Waals surface area contributed by atoms with Crippen molar-refractivity contribution in [3.63, 3.8) is 0 Å². The van der Waals surface area contributed by atoms with E-state index < -0.39 is 35.9 Å². The molecule has 1 aromatic heterocycles. The predicted molar refractivity (Wildman–Crippen MR) is 131 cm³/mol. The topological polar surface area (TPSA) is 126 Å². The molecule has 0 aliphatic rings. The van der Waals surface area contributed by atoms with Crippen molar-refractivity contribution >= 4 is 28.7 Å². The molecule has 0 unspecified atom stereocenters. The van der Waals surface area contributed by atoms with Crippen LogP contribution < -0.4 is 16.4 Å². The third-order valence-electron chi connectivity index (χ3n) is 5.79. The van der Waals surface area contributed by atoms with Gasteiger partial charge in [-0.2, -0.15) is 0 Å². The van der Waals surface area contributed by atoms with E-state index in [1.54, 1.807) is 0 Å². The van der Waals surface area contributed by atoms with Gasteiger partial charge in [0.1, 0.15) is 12.1 Å². The molecular weight excluding hydrogens is 432 g/mol. The van der Waals surface area contributed by atoms with Crippen molar-refractivity contribution in [2.45, 2.75) is 44.8 Å². The highest BCUT2D eigenvalue weighted by Gasteiger charge is 2.31. The molecule has 2 amide bonds. The van der Waals surface area contributed by atoms with Crippen LogP contribution in [0.4, 0.5) is 0 Å². The lowest BCUT2D eigenvalue weighted by Crippen LogP contribution is -2.56. The predicted octanol–water partition coefficient (Wildman–Crippen LogP) is 2.08. The molecule has 3 aromatic rings. The van der Waals surface area contributed by atoms with E-state index in [0.29, 0.717) is 6.42 Å².